The van der Waals surface area contributed by atoms with Crippen molar-refractivity contribution in [2.45, 2.75) is 26.3 Å². The van der Waals surface area contributed by atoms with Gasteiger partial charge in [-0.1, -0.05) is 47.6 Å². The highest BCUT2D eigenvalue weighted by molar-refractivity contribution is 5.93. The molecule has 2 heterocycles. The van der Waals surface area contributed by atoms with Crippen molar-refractivity contribution in [3.05, 3.63) is 59.6 Å². The van der Waals surface area contributed by atoms with E-state index in [9.17, 15) is 4.79 Å². The Morgan fingerprint density at radius 3 is 2.65 bits per heavy atom. The number of hydrogen-bond acceptors (Lipinski definition) is 5. The van der Waals surface area contributed by atoms with Crippen LogP contribution in [0, 0.1) is 0 Å². The topological polar surface area (TPSA) is 81.2 Å². The van der Waals surface area contributed by atoms with E-state index >= 15 is 0 Å². The Labute approximate surface area is 133 Å². The Morgan fingerprint density at radius 2 is 1.96 bits per heavy atom. The van der Waals surface area contributed by atoms with E-state index in [0.717, 1.165) is 17.7 Å². The van der Waals surface area contributed by atoms with Gasteiger partial charge in [0.15, 0.2) is 17.2 Å². The number of carbonyl (C=O) groups excluding carboxylic acids is 1. The minimum absolute atomic E-state index is 0.228. The molecule has 0 aliphatic rings. The number of rotatable bonds is 5. The summed E-state index contributed by atoms with van der Waals surface area (Å²) in [6.45, 7) is 3.82. The second kappa shape index (κ2) is 6.48. The molecular formula is C17H17N3O3. The molecule has 0 fully saturated rings. The van der Waals surface area contributed by atoms with E-state index in [4.69, 9.17) is 9.05 Å². The Bertz CT molecular complexity index is 792. The predicted octanol–water partition coefficient (Wildman–Crippen LogP) is 3.38. The van der Waals surface area contributed by atoms with Crippen LogP contribution < -0.4 is 5.32 Å². The monoisotopic (exact) mass is 311 g/mol. The van der Waals surface area contributed by atoms with Gasteiger partial charge in [0.25, 0.3) is 5.91 Å². The van der Waals surface area contributed by atoms with E-state index in [0.29, 0.717) is 11.5 Å². The van der Waals surface area contributed by atoms with Crippen molar-refractivity contribution in [1.82, 2.24) is 15.6 Å². The number of amides is 1. The van der Waals surface area contributed by atoms with Crippen LogP contribution in [0.2, 0.25) is 0 Å². The van der Waals surface area contributed by atoms with E-state index in [1.807, 2.05) is 50.2 Å². The van der Waals surface area contributed by atoms with E-state index in [2.05, 4.69) is 15.6 Å². The van der Waals surface area contributed by atoms with Gasteiger partial charge < -0.3 is 14.4 Å². The Kier molecular flexibility index (Phi) is 4.23. The second-order valence-corrected chi connectivity index (χ2v) is 5.21. The zero-order valence-electron chi connectivity index (χ0n) is 12.9. The third-order valence-corrected chi connectivity index (χ3v) is 3.51. The first-order valence-corrected chi connectivity index (χ1v) is 7.46. The van der Waals surface area contributed by atoms with Crippen LogP contribution in [-0.4, -0.2) is 16.2 Å². The smallest absolute Gasteiger partial charge is 0.274 e. The van der Waals surface area contributed by atoms with Gasteiger partial charge in [0.05, 0.1) is 11.7 Å². The fourth-order valence-electron chi connectivity index (χ4n) is 2.16. The van der Waals surface area contributed by atoms with Gasteiger partial charge in [0, 0.05) is 17.7 Å². The van der Waals surface area contributed by atoms with Crippen LogP contribution in [0.25, 0.3) is 11.3 Å². The number of carbonyl (C=O) groups is 1. The summed E-state index contributed by atoms with van der Waals surface area (Å²) in [5.74, 6) is 0.844. The molecule has 1 amide bonds. The molecule has 3 aromatic rings. The van der Waals surface area contributed by atoms with Crippen molar-refractivity contribution in [3.8, 4) is 11.3 Å². The molecule has 23 heavy (non-hydrogen) atoms. The average molecular weight is 311 g/mol. The summed E-state index contributed by atoms with van der Waals surface area (Å²) in [5.41, 5.74) is 1.95. The maximum atomic E-state index is 12.3. The van der Waals surface area contributed by atoms with E-state index in [1.165, 1.54) is 0 Å². The summed E-state index contributed by atoms with van der Waals surface area (Å²) in [6, 6.07) is 12.7. The van der Waals surface area contributed by atoms with E-state index < -0.39 is 0 Å². The number of aryl methyl sites for hydroxylation is 1. The first-order chi connectivity index (χ1) is 11.2. The maximum absolute atomic E-state index is 12.3. The van der Waals surface area contributed by atoms with Gasteiger partial charge in [0.2, 0.25) is 0 Å². The third kappa shape index (κ3) is 3.31. The normalized spacial score (nSPS) is 12.1. The molecule has 1 atom stereocenters. The largest absolute Gasteiger partial charge is 0.359 e. The zero-order chi connectivity index (χ0) is 16.2. The number of nitrogens with zero attached hydrogens (tertiary/aromatic N) is 2. The molecule has 6 nitrogen and oxygen atoms in total. The molecule has 118 valence electrons. The zero-order valence-corrected chi connectivity index (χ0v) is 12.9. The van der Waals surface area contributed by atoms with Crippen molar-refractivity contribution < 1.29 is 13.8 Å². The lowest BCUT2D eigenvalue weighted by molar-refractivity contribution is 0.0924. The molecule has 0 radical (unpaired) electrons. The molecule has 0 spiro atoms. The molecule has 0 aliphatic heterocycles. The number of aromatic nitrogens is 2. The lowest BCUT2D eigenvalue weighted by atomic mass is 10.1. The van der Waals surface area contributed by atoms with Crippen LogP contribution in [-0.2, 0) is 6.42 Å². The molecule has 3 rings (SSSR count). The quantitative estimate of drug-likeness (QED) is 0.781. The lowest BCUT2D eigenvalue weighted by Gasteiger charge is -2.08. The molecule has 0 saturated heterocycles. The van der Waals surface area contributed by atoms with Crippen LogP contribution in [0.3, 0.4) is 0 Å². The van der Waals surface area contributed by atoms with Crippen LogP contribution in [0.15, 0.2) is 51.5 Å². The SMILES string of the molecule is CCc1cc([C@@H](C)NC(=O)c2cc(-c3ccccc3)on2)on1. The number of benzene rings is 1. The van der Waals surface area contributed by atoms with Gasteiger partial charge in [-0.3, -0.25) is 4.79 Å². The van der Waals surface area contributed by atoms with Crippen molar-refractivity contribution in [2.24, 2.45) is 0 Å². The van der Waals surface area contributed by atoms with E-state index in [-0.39, 0.29) is 17.6 Å². The van der Waals surface area contributed by atoms with Crippen molar-refractivity contribution in [1.29, 1.82) is 0 Å². The van der Waals surface area contributed by atoms with Crippen molar-refractivity contribution >= 4 is 5.91 Å². The number of hydrogen-bond donors (Lipinski definition) is 1. The Balaban J connectivity index is 1.70. The Hall–Kier alpha value is -2.89. The van der Waals surface area contributed by atoms with Crippen LogP contribution >= 0.6 is 0 Å². The molecule has 1 N–H and O–H groups in total. The number of nitrogens with one attached hydrogen (secondary N) is 1. The van der Waals surface area contributed by atoms with Crippen molar-refractivity contribution in [2.75, 3.05) is 0 Å². The third-order valence-electron chi connectivity index (χ3n) is 3.51. The Morgan fingerprint density at radius 1 is 1.17 bits per heavy atom. The second-order valence-electron chi connectivity index (χ2n) is 5.21. The summed E-state index contributed by atoms with van der Waals surface area (Å²) in [6.07, 6.45) is 0.786. The van der Waals surface area contributed by atoms with Crippen molar-refractivity contribution in [3.63, 3.8) is 0 Å². The highest BCUT2D eigenvalue weighted by Crippen LogP contribution is 2.20. The molecule has 0 aliphatic carbocycles. The molecule has 1 aromatic carbocycles. The van der Waals surface area contributed by atoms with Crippen LogP contribution in [0.5, 0.6) is 0 Å². The van der Waals surface area contributed by atoms with Gasteiger partial charge in [-0.25, -0.2) is 0 Å². The maximum Gasteiger partial charge on any atom is 0.274 e. The summed E-state index contributed by atoms with van der Waals surface area (Å²) in [4.78, 5) is 12.3. The van der Waals surface area contributed by atoms with E-state index in [1.54, 1.807) is 6.07 Å². The first kappa shape index (κ1) is 15.0. The minimum Gasteiger partial charge on any atom is -0.359 e. The van der Waals surface area contributed by atoms with Gasteiger partial charge in [-0.2, -0.15) is 0 Å². The standard InChI is InChI=1S/C17H17N3O3/c1-3-13-9-15(22-19-13)11(2)18-17(21)14-10-16(23-20-14)12-7-5-4-6-8-12/h4-11H,3H2,1-2H3,(H,18,21)/t11-/m1/s1. The molecule has 2 aromatic heterocycles. The fraction of sp³-hybridized carbons (Fsp3) is 0.235. The summed E-state index contributed by atoms with van der Waals surface area (Å²) < 4.78 is 10.5. The minimum atomic E-state index is -0.321. The van der Waals surface area contributed by atoms with Crippen LogP contribution in [0.1, 0.15) is 41.8 Å². The predicted molar refractivity (Wildman–Crippen MR) is 83.7 cm³/mol. The van der Waals surface area contributed by atoms with Gasteiger partial charge in [-0.05, 0) is 13.3 Å². The fourth-order valence-corrected chi connectivity index (χ4v) is 2.16. The van der Waals surface area contributed by atoms with Gasteiger partial charge in [-0.15, -0.1) is 0 Å². The van der Waals surface area contributed by atoms with Gasteiger partial charge >= 0.3 is 0 Å². The first-order valence-electron chi connectivity index (χ1n) is 7.46. The average Bonchev–Trinajstić information content (AvgIpc) is 3.25. The molecule has 0 saturated carbocycles. The highest BCUT2D eigenvalue weighted by atomic mass is 16.5. The molecule has 0 bridgehead atoms. The summed E-state index contributed by atoms with van der Waals surface area (Å²) >= 11 is 0. The highest BCUT2D eigenvalue weighted by Gasteiger charge is 2.19. The van der Waals surface area contributed by atoms with Gasteiger partial charge in [0.1, 0.15) is 0 Å². The van der Waals surface area contributed by atoms with Crippen LogP contribution in [0.4, 0.5) is 0 Å². The molecular weight excluding hydrogens is 294 g/mol. The summed E-state index contributed by atoms with van der Waals surface area (Å²) in [5, 5.41) is 10.6. The lowest BCUT2D eigenvalue weighted by Crippen LogP contribution is -2.26. The summed E-state index contributed by atoms with van der Waals surface area (Å²) in [7, 11) is 0. The molecule has 0 unspecified atom stereocenters. The molecule has 6 heteroatoms.